The molecule has 0 spiro atoms. The molecule has 0 bridgehead atoms. The molecule has 7 heteroatoms. The van der Waals surface area contributed by atoms with E-state index >= 15 is 0 Å². The molecule has 0 unspecified atom stereocenters. The number of benzene rings is 1. The minimum atomic E-state index is 0.117. The van der Waals surface area contributed by atoms with E-state index in [9.17, 15) is 0 Å². The van der Waals surface area contributed by atoms with Crippen LogP contribution < -0.4 is 20.2 Å². The lowest BCUT2D eigenvalue weighted by Gasteiger charge is -2.13. The number of ether oxygens (including phenoxy) is 3. The normalized spacial score (nSPS) is 12.0. The summed E-state index contributed by atoms with van der Waals surface area (Å²) in [5, 5.41) is 7.56. The largest absolute Gasteiger partial charge is 0.493 e. The first-order valence-electron chi connectivity index (χ1n) is 6.41. The maximum absolute atomic E-state index is 5.22. The van der Waals surface area contributed by atoms with Crippen LogP contribution in [0.15, 0.2) is 23.3 Å². The fourth-order valence-electron chi connectivity index (χ4n) is 1.65. The van der Waals surface area contributed by atoms with E-state index in [1.54, 1.807) is 27.5 Å². The Kier molecular flexibility index (Phi) is 7.49. The highest BCUT2D eigenvalue weighted by Crippen LogP contribution is 2.26. The summed E-state index contributed by atoms with van der Waals surface area (Å²) in [4.78, 5) is 0. The van der Waals surface area contributed by atoms with E-state index in [0.29, 0.717) is 23.2 Å². The topological polar surface area (TPSA) is 64.1 Å². The monoisotopic (exact) mass is 311 g/mol. The van der Waals surface area contributed by atoms with Crippen LogP contribution in [0.25, 0.3) is 0 Å². The van der Waals surface area contributed by atoms with Gasteiger partial charge in [0.1, 0.15) is 0 Å². The van der Waals surface area contributed by atoms with Crippen LogP contribution >= 0.6 is 12.2 Å². The Labute approximate surface area is 130 Å². The van der Waals surface area contributed by atoms with Crippen LogP contribution in [0.2, 0.25) is 0 Å². The predicted molar refractivity (Wildman–Crippen MR) is 87.3 cm³/mol. The average molecular weight is 311 g/mol. The molecular weight excluding hydrogens is 290 g/mol. The summed E-state index contributed by atoms with van der Waals surface area (Å²) in [6, 6.07) is 5.63. The van der Waals surface area contributed by atoms with Gasteiger partial charge in [0.25, 0.3) is 0 Å². The summed E-state index contributed by atoms with van der Waals surface area (Å²) in [6.07, 6.45) is 1.65. The van der Waals surface area contributed by atoms with Gasteiger partial charge in [-0.2, -0.15) is 5.10 Å². The minimum Gasteiger partial charge on any atom is -0.493 e. The molecular formula is C14H21N3O3S. The van der Waals surface area contributed by atoms with E-state index in [1.807, 2.05) is 25.1 Å². The third-order valence-electron chi connectivity index (χ3n) is 2.58. The Bertz CT molecular complexity index is 494. The van der Waals surface area contributed by atoms with Crippen molar-refractivity contribution >= 4 is 23.5 Å². The summed E-state index contributed by atoms with van der Waals surface area (Å²) in [5.74, 6) is 1.32. The van der Waals surface area contributed by atoms with Crippen LogP contribution in [0, 0.1) is 0 Å². The molecule has 1 rings (SSSR count). The predicted octanol–water partition coefficient (Wildman–Crippen LogP) is 1.54. The first kappa shape index (κ1) is 17.2. The molecule has 0 aliphatic rings. The summed E-state index contributed by atoms with van der Waals surface area (Å²) in [6.45, 7) is 2.54. The van der Waals surface area contributed by atoms with Gasteiger partial charge in [-0.1, -0.05) is 0 Å². The van der Waals surface area contributed by atoms with E-state index in [0.717, 1.165) is 5.56 Å². The van der Waals surface area contributed by atoms with Gasteiger partial charge >= 0.3 is 0 Å². The maximum Gasteiger partial charge on any atom is 0.187 e. The van der Waals surface area contributed by atoms with Crippen LogP contribution in [0.1, 0.15) is 12.5 Å². The second-order valence-electron chi connectivity index (χ2n) is 4.31. The van der Waals surface area contributed by atoms with Crippen molar-refractivity contribution in [1.82, 2.24) is 10.7 Å². The fourth-order valence-corrected chi connectivity index (χ4v) is 1.90. The van der Waals surface area contributed by atoms with Crippen molar-refractivity contribution in [1.29, 1.82) is 0 Å². The molecule has 0 saturated heterocycles. The number of thiocarbonyl (C=S) groups is 1. The van der Waals surface area contributed by atoms with Crippen molar-refractivity contribution < 1.29 is 14.2 Å². The van der Waals surface area contributed by atoms with Gasteiger partial charge < -0.3 is 19.5 Å². The molecule has 0 aliphatic carbocycles. The van der Waals surface area contributed by atoms with E-state index in [2.05, 4.69) is 15.8 Å². The standard InChI is InChI=1S/C14H21N3O3S/c1-10(9-18-2)16-14(21)17-15-8-11-5-6-12(19-3)13(7-11)20-4/h5-8,10H,9H2,1-4H3,(H2,16,17,21)/b15-8-/t10-/m0/s1. The van der Waals surface area contributed by atoms with Crippen molar-refractivity contribution in [2.75, 3.05) is 27.9 Å². The quantitative estimate of drug-likeness (QED) is 0.452. The minimum absolute atomic E-state index is 0.117. The van der Waals surface area contributed by atoms with Crippen LogP contribution in [0.3, 0.4) is 0 Å². The number of hydrazone groups is 1. The Hall–Kier alpha value is -1.86. The molecule has 1 aromatic rings. The Morgan fingerprint density at radius 3 is 2.62 bits per heavy atom. The average Bonchev–Trinajstić information content (AvgIpc) is 2.47. The van der Waals surface area contributed by atoms with Gasteiger partial charge in [-0.25, -0.2) is 0 Å². The van der Waals surface area contributed by atoms with Gasteiger partial charge in [0.05, 0.1) is 27.0 Å². The zero-order valence-electron chi connectivity index (χ0n) is 12.7. The van der Waals surface area contributed by atoms with Crippen molar-refractivity contribution in [3.8, 4) is 11.5 Å². The molecule has 0 saturated carbocycles. The first-order valence-corrected chi connectivity index (χ1v) is 6.82. The van der Waals surface area contributed by atoms with Gasteiger partial charge in [0.2, 0.25) is 0 Å². The van der Waals surface area contributed by atoms with Gasteiger partial charge in [-0.3, -0.25) is 5.43 Å². The lowest BCUT2D eigenvalue weighted by atomic mass is 10.2. The highest BCUT2D eigenvalue weighted by Gasteiger charge is 2.04. The summed E-state index contributed by atoms with van der Waals surface area (Å²) >= 11 is 5.11. The summed E-state index contributed by atoms with van der Waals surface area (Å²) in [5.41, 5.74) is 3.62. The number of hydrogen-bond donors (Lipinski definition) is 2. The van der Waals surface area contributed by atoms with Gasteiger partial charge in [0, 0.05) is 13.2 Å². The Morgan fingerprint density at radius 2 is 2.00 bits per heavy atom. The van der Waals surface area contributed by atoms with Crippen LogP contribution in [-0.2, 0) is 4.74 Å². The zero-order valence-corrected chi connectivity index (χ0v) is 13.5. The molecule has 0 radical (unpaired) electrons. The highest BCUT2D eigenvalue weighted by atomic mass is 32.1. The third kappa shape index (κ3) is 5.97. The molecule has 116 valence electrons. The SMILES string of the molecule is COC[C@H](C)NC(=S)N/N=C\c1ccc(OC)c(OC)c1. The van der Waals surface area contributed by atoms with E-state index in [4.69, 9.17) is 26.4 Å². The van der Waals surface area contributed by atoms with Crippen molar-refractivity contribution in [3.05, 3.63) is 23.8 Å². The highest BCUT2D eigenvalue weighted by molar-refractivity contribution is 7.80. The molecule has 0 amide bonds. The second-order valence-corrected chi connectivity index (χ2v) is 4.72. The smallest absolute Gasteiger partial charge is 0.187 e. The van der Waals surface area contributed by atoms with Gasteiger partial charge in [-0.15, -0.1) is 0 Å². The van der Waals surface area contributed by atoms with Crippen LogP contribution in [0.5, 0.6) is 11.5 Å². The molecule has 6 nitrogen and oxygen atoms in total. The summed E-state index contributed by atoms with van der Waals surface area (Å²) < 4.78 is 15.4. The molecule has 0 fully saturated rings. The van der Waals surface area contributed by atoms with Gasteiger partial charge in [-0.05, 0) is 42.9 Å². The number of nitrogens with zero attached hydrogens (tertiary/aromatic N) is 1. The molecule has 1 aromatic carbocycles. The first-order chi connectivity index (χ1) is 10.1. The van der Waals surface area contributed by atoms with Crippen LogP contribution in [0.4, 0.5) is 0 Å². The number of nitrogens with one attached hydrogen (secondary N) is 2. The third-order valence-corrected chi connectivity index (χ3v) is 2.79. The second kappa shape index (κ2) is 9.15. The van der Waals surface area contributed by atoms with Crippen LogP contribution in [-0.4, -0.2) is 45.3 Å². The molecule has 0 heterocycles. The lowest BCUT2D eigenvalue weighted by molar-refractivity contribution is 0.179. The van der Waals surface area contributed by atoms with Crippen molar-refractivity contribution in [2.45, 2.75) is 13.0 Å². The number of methoxy groups -OCH3 is 3. The molecule has 21 heavy (non-hydrogen) atoms. The van der Waals surface area contributed by atoms with E-state index < -0.39 is 0 Å². The number of rotatable bonds is 7. The molecule has 0 aliphatic heterocycles. The maximum atomic E-state index is 5.22. The number of hydrogen-bond acceptors (Lipinski definition) is 5. The Morgan fingerprint density at radius 1 is 1.29 bits per heavy atom. The lowest BCUT2D eigenvalue weighted by Crippen LogP contribution is -2.40. The zero-order chi connectivity index (χ0) is 15.7. The van der Waals surface area contributed by atoms with E-state index in [1.165, 1.54) is 0 Å². The molecule has 2 N–H and O–H groups in total. The van der Waals surface area contributed by atoms with Crippen molar-refractivity contribution in [2.24, 2.45) is 5.10 Å². The summed E-state index contributed by atoms with van der Waals surface area (Å²) in [7, 11) is 4.83. The van der Waals surface area contributed by atoms with Gasteiger partial charge in [0.15, 0.2) is 16.6 Å². The molecule has 1 atom stereocenters. The molecule has 0 aromatic heterocycles. The van der Waals surface area contributed by atoms with E-state index in [-0.39, 0.29) is 6.04 Å². The fraction of sp³-hybridized carbons (Fsp3) is 0.429. The van der Waals surface area contributed by atoms with Crippen molar-refractivity contribution in [3.63, 3.8) is 0 Å². The Balaban J connectivity index is 2.55.